The van der Waals surface area contributed by atoms with E-state index in [4.69, 9.17) is 23.2 Å². The molecule has 0 unspecified atom stereocenters. The summed E-state index contributed by atoms with van der Waals surface area (Å²) in [5.74, 6) is 0.129. The number of carbonyl (C=O) groups excluding carboxylic acids is 1. The molecule has 0 aliphatic rings. The molecule has 0 bridgehead atoms. The second-order valence-corrected chi connectivity index (χ2v) is 33.4. The van der Waals surface area contributed by atoms with Crippen molar-refractivity contribution in [2.75, 3.05) is 10.7 Å². The highest BCUT2D eigenvalue weighted by molar-refractivity contribution is 14.1. The summed E-state index contributed by atoms with van der Waals surface area (Å²) in [4.78, 5) is 26.7. The minimum atomic E-state index is -0.981. The normalized spacial score (nSPS) is 10.9. The summed E-state index contributed by atoms with van der Waals surface area (Å²) < 4.78 is 3.74. The zero-order valence-corrected chi connectivity index (χ0v) is 25.4. The van der Waals surface area contributed by atoms with Gasteiger partial charge in [-0.3, -0.25) is 9.78 Å². The summed E-state index contributed by atoms with van der Waals surface area (Å²) in [6, 6.07) is 1.50. The second kappa shape index (κ2) is 16.0. The minimum absolute atomic E-state index is 0.194. The summed E-state index contributed by atoms with van der Waals surface area (Å²) in [5, 5.41) is 2.61. The average Bonchev–Trinajstić information content (AvgIpc) is 2.32. The van der Waals surface area contributed by atoms with Gasteiger partial charge in [-0.2, -0.15) is 0 Å². The molecule has 28 heavy (non-hydrogen) atoms. The molecule has 0 spiro atoms. The van der Waals surface area contributed by atoms with Crippen LogP contribution in [0.1, 0.15) is 6.92 Å². The Kier molecular flexibility index (Phi) is 18.8. The van der Waals surface area contributed by atoms with Gasteiger partial charge in [0, 0.05) is 13.1 Å². The van der Waals surface area contributed by atoms with E-state index >= 15 is 0 Å². The van der Waals surface area contributed by atoms with Crippen LogP contribution in [0, 0.1) is 0 Å². The molecule has 166 valence electrons. The standard InChI is InChI=1S/C6H7N3O2.C6H19NSi2.C3H9ISi.CH2Cl2/c1-4(10)8-5-2-3-7-6(11)9-5;1-8(2,3)7-9(4,5)6;1-5(2,3)4;2-1-3/h2-3H,1H3,(H2,7,8,9,10,11);7H,1-6H3;1-3H3;1H2. The quantitative estimate of drug-likeness (QED) is 0.181. The van der Waals surface area contributed by atoms with Gasteiger partial charge in [-0.05, 0) is 6.07 Å². The Morgan fingerprint density at radius 3 is 1.64 bits per heavy atom. The van der Waals surface area contributed by atoms with Gasteiger partial charge in [0.1, 0.15) is 27.9 Å². The van der Waals surface area contributed by atoms with Gasteiger partial charge in [-0.15, -0.1) is 45.0 Å². The lowest BCUT2D eigenvalue weighted by atomic mass is 10.5. The van der Waals surface area contributed by atoms with Crippen LogP contribution in [0.25, 0.3) is 0 Å². The fourth-order valence-corrected chi connectivity index (χ4v) is 10.8. The molecule has 0 saturated carbocycles. The molecule has 0 aliphatic carbocycles. The third-order valence-corrected chi connectivity index (χ3v) is 7.74. The highest BCUT2D eigenvalue weighted by Gasteiger charge is 2.22. The van der Waals surface area contributed by atoms with Gasteiger partial charge in [0.05, 0.1) is 5.34 Å². The largest absolute Gasteiger partial charge is 0.360 e. The van der Waals surface area contributed by atoms with Crippen molar-refractivity contribution in [2.45, 2.75) is 65.8 Å². The molecule has 0 atom stereocenters. The van der Waals surface area contributed by atoms with Crippen molar-refractivity contribution in [3.63, 3.8) is 0 Å². The predicted molar refractivity (Wildman–Crippen MR) is 143 cm³/mol. The van der Waals surface area contributed by atoms with Crippen LogP contribution in [0.4, 0.5) is 5.82 Å². The van der Waals surface area contributed by atoms with Gasteiger partial charge in [0.15, 0.2) is 0 Å². The van der Waals surface area contributed by atoms with Crippen LogP contribution in [-0.4, -0.2) is 43.3 Å². The fourth-order valence-electron chi connectivity index (χ4n) is 1.76. The Hall–Kier alpha value is 0.271. The number of aromatic nitrogens is 2. The number of aromatic amines is 1. The van der Waals surface area contributed by atoms with E-state index in [2.05, 4.69) is 101 Å². The van der Waals surface area contributed by atoms with Gasteiger partial charge < -0.3 is 9.96 Å². The van der Waals surface area contributed by atoms with E-state index in [-0.39, 0.29) is 11.2 Å². The van der Waals surface area contributed by atoms with E-state index < -0.39 is 27.7 Å². The van der Waals surface area contributed by atoms with E-state index in [0.717, 1.165) is 0 Å². The number of hydrogen-bond acceptors (Lipinski definition) is 4. The van der Waals surface area contributed by atoms with Gasteiger partial charge >= 0.3 is 5.69 Å². The molecule has 0 saturated heterocycles. The Labute approximate surface area is 196 Å². The highest BCUT2D eigenvalue weighted by Crippen LogP contribution is 2.08. The lowest BCUT2D eigenvalue weighted by Gasteiger charge is -2.28. The number of nitrogens with one attached hydrogen (secondary N) is 3. The molecule has 1 aromatic heterocycles. The van der Waals surface area contributed by atoms with Gasteiger partial charge in [0.2, 0.25) is 5.91 Å². The molecule has 12 heteroatoms. The number of carbonyl (C=O) groups is 1. The van der Waals surface area contributed by atoms with Crippen LogP contribution in [0.5, 0.6) is 0 Å². The van der Waals surface area contributed by atoms with Crippen LogP contribution in [0.15, 0.2) is 17.1 Å². The first-order valence-electron chi connectivity index (χ1n) is 8.74. The summed E-state index contributed by atoms with van der Waals surface area (Å²) in [5.41, 5.74) is -1.12. The van der Waals surface area contributed by atoms with Crippen molar-refractivity contribution in [3.05, 3.63) is 22.7 Å². The highest BCUT2D eigenvalue weighted by atomic mass is 127. The first-order valence-corrected chi connectivity index (χ1v) is 23.4. The van der Waals surface area contributed by atoms with E-state index in [1.807, 2.05) is 0 Å². The number of hydrogen-bond donors (Lipinski definition) is 3. The Morgan fingerprint density at radius 1 is 1.07 bits per heavy atom. The molecule has 1 aromatic rings. The van der Waals surface area contributed by atoms with Crippen LogP contribution < -0.4 is 15.7 Å². The fraction of sp³-hybridized carbons (Fsp3) is 0.688. The summed E-state index contributed by atoms with van der Waals surface area (Å²) >= 11 is 12.0. The molecule has 3 N–H and O–H groups in total. The Balaban J connectivity index is -0.000000331. The second-order valence-electron chi connectivity index (χ2n) is 8.76. The summed E-state index contributed by atoms with van der Waals surface area (Å²) in [6.45, 7) is 22.4. The average molecular weight is 600 g/mol. The number of rotatable bonds is 3. The van der Waals surface area contributed by atoms with Crippen molar-refractivity contribution >= 4 is 78.8 Å². The molecule has 0 aromatic carbocycles. The molecule has 0 aliphatic heterocycles. The topological polar surface area (TPSA) is 86.9 Å². The van der Waals surface area contributed by atoms with E-state index in [0.29, 0.717) is 5.82 Å². The van der Waals surface area contributed by atoms with Crippen molar-refractivity contribution in [2.24, 2.45) is 0 Å². The summed E-state index contributed by atoms with van der Waals surface area (Å²) in [7, 11) is -1.96. The number of alkyl halides is 2. The zero-order valence-electron chi connectivity index (χ0n) is 18.8. The van der Waals surface area contributed by atoms with Gasteiger partial charge in [0.25, 0.3) is 0 Å². The number of amides is 1. The van der Waals surface area contributed by atoms with Crippen LogP contribution in [0.3, 0.4) is 0 Å². The van der Waals surface area contributed by atoms with Crippen molar-refractivity contribution in [1.29, 1.82) is 0 Å². The molecular formula is C16H37Cl2IN4O2Si3. The van der Waals surface area contributed by atoms with Gasteiger partial charge in [-0.25, -0.2) is 9.78 Å². The Morgan fingerprint density at radius 2 is 1.43 bits per heavy atom. The van der Waals surface area contributed by atoms with Crippen LogP contribution >= 0.6 is 45.0 Å². The maximum absolute atomic E-state index is 10.6. The Bertz CT molecular complexity index is 583. The van der Waals surface area contributed by atoms with Crippen molar-refractivity contribution < 1.29 is 4.79 Å². The number of nitrogens with zero attached hydrogens (tertiary/aromatic N) is 1. The number of halogens is 3. The molecule has 6 nitrogen and oxygen atoms in total. The molecular weight excluding hydrogens is 562 g/mol. The molecule has 0 fully saturated rings. The molecule has 1 heterocycles. The van der Waals surface area contributed by atoms with Crippen molar-refractivity contribution in [1.82, 2.24) is 14.6 Å². The van der Waals surface area contributed by atoms with Crippen LogP contribution in [0.2, 0.25) is 58.9 Å². The SMILES string of the molecule is CC(=O)Nc1ccnc(=O)[nH]1.C[Si](C)(C)I.C[Si](C)(C)N[Si](C)(C)C.ClCCl. The first-order chi connectivity index (χ1) is 12.3. The zero-order chi connectivity index (χ0) is 23.2. The first kappa shape index (κ1) is 32.9. The number of anilines is 1. The third kappa shape index (κ3) is 40.8. The van der Waals surface area contributed by atoms with E-state index in [1.54, 1.807) is 0 Å². The molecule has 1 rings (SSSR count). The van der Waals surface area contributed by atoms with E-state index in [9.17, 15) is 9.59 Å². The monoisotopic (exact) mass is 598 g/mol. The maximum atomic E-state index is 10.6. The summed E-state index contributed by atoms with van der Waals surface area (Å²) in [6.07, 6.45) is 1.32. The minimum Gasteiger partial charge on any atom is -0.360 e. The molecule has 0 radical (unpaired) electrons. The van der Waals surface area contributed by atoms with Gasteiger partial charge in [-0.1, -0.05) is 58.9 Å². The smallest absolute Gasteiger partial charge is 0.346 e. The lowest BCUT2D eigenvalue weighted by molar-refractivity contribution is -0.114. The maximum Gasteiger partial charge on any atom is 0.346 e. The van der Waals surface area contributed by atoms with Crippen LogP contribution in [-0.2, 0) is 4.79 Å². The van der Waals surface area contributed by atoms with E-state index in [1.165, 1.54) is 19.2 Å². The number of H-pyrrole nitrogens is 1. The molecule has 1 amide bonds. The third-order valence-electron chi connectivity index (χ3n) is 1.74. The predicted octanol–water partition coefficient (Wildman–Crippen LogP) is 5.65. The lowest BCUT2D eigenvalue weighted by Crippen LogP contribution is -2.55. The van der Waals surface area contributed by atoms with Crippen molar-refractivity contribution in [3.8, 4) is 0 Å².